The Morgan fingerprint density at radius 1 is 0.763 bits per heavy atom. The molecule has 38 heavy (non-hydrogen) atoms. The summed E-state index contributed by atoms with van der Waals surface area (Å²) in [4.78, 5) is 1.53. The molecule has 216 valence electrons. The third-order valence-electron chi connectivity index (χ3n) is 7.16. The number of para-hydroxylation sites is 1. The molecule has 0 spiro atoms. The lowest BCUT2D eigenvalue weighted by molar-refractivity contribution is 0.469. The number of benzene rings is 1. The summed E-state index contributed by atoms with van der Waals surface area (Å²) in [7, 11) is -3.66. The van der Waals surface area contributed by atoms with E-state index in [1.165, 1.54) is 81.8 Å². The molecular formula is C30H53N5O2S. The molecule has 0 bridgehead atoms. The fourth-order valence-electron chi connectivity index (χ4n) is 4.91. The Morgan fingerprint density at radius 3 is 1.71 bits per heavy atom. The number of rotatable bonds is 21. The van der Waals surface area contributed by atoms with Crippen molar-refractivity contribution in [2.45, 2.75) is 149 Å². The minimum absolute atomic E-state index is 0.204. The SMILES string of the molecule is CCCCCCCCCCCCCCCCn1nnc(CS(=O)(=O)Nc2c(C(C)C)cccc2C(C)C)n1. The summed E-state index contributed by atoms with van der Waals surface area (Å²) in [6.07, 6.45) is 18.4. The minimum atomic E-state index is -3.66. The summed E-state index contributed by atoms with van der Waals surface area (Å²) in [5, 5.41) is 12.4. The zero-order valence-corrected chi connectivity index (χ0v) is 25.5. The van der Waals surface area contributed by atoms with E-state index in [9.17, 15) is 8.42 Å². The van der Waals surface area contributed by atoms with Crippen LogP contribution in [0.15, 0.2) is 18.2 Å². The van der Waals surface area contributed by atoms with Crippen LogP contribution in [0.25, 0.3) is 0 Å². The van der Waals surface area contributed by atoms with Gasteiger partial charge in [0, 0.05) is 0 Å². The van der Waals surface area contributed by atoms with E-state index in [0.717, 1.165) is 24.0 Å². The highest BCUT2D eigenvalue weighted by atomic mass is 32.2. The molecule has 0 aliphatic rings. The molecule has 1 N–H and O–H groups in total. The lowest BCUT2D eigenvalue weighted by atomic mass is 9.93. The van der Waals surface area contributed by atoms with Crippen molar-refractivity contribution in [1.82, 2.24) is 20.2 Å². The van der Waals surface area contributed by atoms with Crippen LogP contribution < -0.4 is 4.72 Å². The Bertz CT molecular complexity index is 991. The van der Waals surface area contributed by atoms with Crippen molar-refractivity contribution in [3.05, 3.63) is 35.2 Å². The molecule has 0 amide bonds. The predicted molar refractivity (Wildman–Crippen MR) is 159 cm³/mol. The molecule has 0 saturated heterocycles. The summed E-state index contributed by atoms with van der Waals surface area (Å²) in [6.45, 7) is 11.2. The maximum absolute atomic E-state index is 13.0. The first-order chi connectivity index (χ1) is 18.2. The van der Waals surface area contributed by atoms with Gasteiger partial charge in [0.05, 0.1) is 12.2 Å². The van der Waals surface area contributed by atoms with E-state index >= 15 is 0 Å². The van der Waals surface area contributed by atoms with Gasteiger partial charge in [-0.25, -0.2) is 8.42 Å². The van der Waals surface area contributed by atoms with Crippen LogP contribution >= 0.6 is 0 Å². The standard InChI is InChI=1S/C30H53N5O2S/c1-6-7-8-9-10-11-12-13-14-15-16-17-18-19-23-35-32-29(31-34-35)24-38(36,37)33-30-27(25(2)3)21-20-22-28(30)26(4)5/h20-22,25-26,33H,6-19,23-24H2,1-5H3. The lowest BCUT2D eigenvalue weighted by Crippen LogP contribution is -2.19. The average Bonchev–Trinajstić information content (AvgIpc) is 3.30. The fourth-order valence-corrected chi connectivity index (χ4v) is 5.98. The Kier molecular flexibility index (Phi) is 14.9. The van der Waals surface area contributed by atoms with Gasteiger partial charge in [-0.1, -0.05) is 136 Å². The molecule has 1 heterocycles. The number of hydrogen-bond donors (Lipinski definition) is 1. The Balaban J connectivity index is 1.67. The van der Waals surface area contributed by atoms with Crippen LogP contribution in [0.3, 0.4) is 0 Å². The molecule has 0 radical (unpaired) electrons. The second kappa shape index (κ2) is 17.6. The second-order valence-electron chi connectivity index (χ2n) is 11.4. The van der Waals surface area contributed by atoms with E-state index in [1.54, 1.807) is 0 Å². The molecule has 2 aromatic rings. The number of nitrogens with zero attached hydrogens (tertiary/aromatic N) is 4. The van der Waals surface area contributed by atoms with Crippen LogP contribution in [-0.4, -0.2) is 28.6 Å². The van der Waals surface area contributed by atoms with Crippen LogP contribution in [0.4, 0.5) is 5.69 Å². The zero-order chi connectivity index (χ0) is 27.8. The number of aromatic nitrogens is 4. The van der Waals surface area contributed by atoms with Gasteiger partial charge < -0.3 is 0 Å². The minimum Gasteiger partial charge on any atom is -0.283 e. The molecule has 8 heteroatoms. The van der Waals surface area contributed by atoms with Gasteiger partial charge in [-0.2, -0.15) is 4.80 Å². The molecule has 7 nitrogen and oxygen atoms in total. The van der Waals surface area contributed by atoms with Gasteiger partial charge in [0.15, 0.2) is 5.82 Å². The Morgan fingerprint density at radius 2 is 1.24 bits per heavy atom. The third-order valence-corrected chi connectivity index (χ3v) is 8.31. The van der Waals surface area contributed by atoms with Crippen molar-refractivity contribution in [2.75, 3.05) is 4.72 Å². The maximum atomic E-state index is 13.0. The third kappa shape index (κ3) is 12.3. The maximum Gasteiger partial charge on any atom is 0.240 e. The van der Waals surface area contributed by atoms with Gasteiger partial charge in [-0.05, 0) is 34.6 Å². The van der Waals surface area contributed by atoms with E-state index in [0.29, 0.717) is 12.2 Å². The van der Waals surface area contributed by atoms with Gasteiger partial charge in [0.25, 0.3) is 0 Å². The van der Waals surface area contributed by atoms with Crippen LogP contribution in [0.1, 0.15) is 153 Å². The monoisotopic (exact) mass is 547 g/mol. The highest BCUT2D eigenvalue weighted by Gasteiger charge is 2.21. The van der Waals surface area contributed by atoms with E-state index in [4.69, 9.17) is 0 Å². The van der Waals surface area contributed by atoms with Gasteiger partial charge in [0.1, 0.15) is 5.75 Å². The normalized spacial score (nSPS) is 12.1. The van der Waals surface area contributed by atoms with Gasteiger partial charge >= 0.3 is 0 Å². The van der Waals surface area contributed by atoms with Crippen molar-refractivity contribution < 1.29 is 8.42 Å². The van der Waals surface area contributed by atoms with Gasteiger partial charge in [-0.3, -0.25) is 4.72 Å². The quantitative estimate of drug-likeness (QED) is 0.159. The molecule has 1 aromatic carbocycles. The lowest BCUT2D eigenvalue weighted by Gasteiger charge is -2.20. The molecule has 1 aromatic heterocycles. The van der Waals surface area contributed by atoms with Crippen molar-refractivity contribution in [1.29, 1.82) is 0 Å². The molecule has 0 aliphatic heterocycles. The number of nitrogens with one attached hydrogen (secondary N) is 1. The summed E-state index contributed by atoms with van der Waals surface area (Å²) in [5.74, 6) is 0.359. The number of unbranched alkanes of at least 4 members (excludes halogenated alkanes) is 13. The van der Waals surface area contributed by atoms with Crippen LogP contribution in [0.2, 0.25) is 0 Å². The van der Waals surface area contributed by atoms with E-state index in [-0.39, 0.29) is 23.4 Å². The average molecular weight is 548 g/mol. The van der Waals surface area contributed by atoms with Gasteiger partial charge in [0.2, 0.25) is 10.0 Å². The first kappa shape index (κ1) is 32.3. The van der Waals surface area contributed by atoms with Crippen molar-refractivity contribution in [2.24, 2.45) is 0 Å². The van der Waals surface area contributed by atoms with Crippen molar-refractivity contribution in [3.8, 4) is 0 Å². The Labute approximate surface area is 232 Å². The molecular weight excluding hydrogens is 494 g/mol. The Hall–Kier alpha value is -1.96. The van der Waals surface area contributed by atoms with Crippen molar-refractivity contribution in [3.63, 3.8) is 0 Å². The molecule has 0 saturated carbocycles. The van der Waals surface area contributed by atoms with E-state index in [1.807, 2.05) is 18.2 Å². The van der Waals surface area contributed by atoms with Crippen molar-refractivity contribution >= 4 is 15.7 Å². The first-order valence-corrected chi connectivity index (χ1v) is 16.8. The number of tetrazole rings is 1. The fraction of sp³-hybridized carbons (Fsp3) is 0.767. The molecule has 0 fully saturated rings. The summed E-state index contributed by atoms with van der Waals surface area (Å²) < 4.78 is 28.8. The molecule has 0 aliphatic carbocycles. The van der Waals surface area contributed by atoms with E-state index in [2.05, 4.69) is 54.8 Å². The highest BCUT2D eigenvalue weighted by molar-refractivity contribution is 7.91. The number of anilines is 1. The highest BCUT2D eigenvalue weighted by Crippen LogP contribution is 2.33. The van der Waals surface area contributed by atoms with Crippen LogP contribution in [0.5, 0.6) is 0 Å². The topological polar surface area (TPSA) is 89.8 Å². The number of aryl methyl sites for hydroxylation is 1. The summed E-state index contributed by atoms with van der Waals surface area (Å²) in [5.41, 5.74) is 2.68. The first-order valence-electron chi connectivity index (χ1n) is 15.1. The van der Waals surface area contributed by atoms with E-state index < -0.39 is 10.0 Å². The number of sulfonamides is 1. The molecule has 0 unspecified atom stereocenters. The van der Waals surface area contributed by atoms with Crippen LogP contribution in [-0.2, 0) is 22.3 Å². The predicted octanol–water partition coefficient (Wildman–Crippen LogP) is 8.34. The zero-order valence-electron chi connectivity index (χ0n) is 24.7. The smallest absolute Gasteiger partial charge is 0.240 e. The van der Waals surface area contributed by atoms with Crippen LogP contribution in [0, 0.1) is 0 Å². The molecule has 2 rings (SSSR count). The second-order valence-corrected chi connectivity index (χ2v) is 13.1. The summed E-state index contributed by atoms with van der Waals surface area (Å²) in [6, 6.07) is 5.96. The van der Waals surface area contributed by atoms with Gasteiger partial charge in [-0.15, -0.1) is 10.2 Å². The largest absolute Gasteiger partial charge is 0.283 e. The number of hydrogen-bond acceptors (Lipinski definition) is 5. The summed E-state index contributed by atoms with van der Waals surface area (Å²) >= 11 is 0. The molecule has 0 atom stereocenters.